The number of carbonyl (C=O) groups excluding carboxylic acids is 1. The summed E-state index contributed by atoms with van der Waals surface area (Å²) < 4.78 is 7.43. The van der Waals surface area contributed by atoms with Crippen LogP contribution < -0.4 is 0 Å². The Morgan fingerprint density at radius 2 is 1.50 bits per heavy atom. The van der Waals surface area contributed by atoms with Crippen LogP contribution in [0.3, 0.4) is 0 Å². The van der Waals surface area contributed by atoms with Crippen molar-refractivity contribution in [2.45, 2.75) is 6.54 Å². The first-order valence-electron chi connectivity index (χ1n) is 10.5. The minimum atomic E-state index is -0.765. The highest BCUT2D eigenvalue weighted by atomic mass is 35.5. The molecule has 0 atom stereocenters. The van der Waals surface area contributed by atoms with Crippen LogP contribution in [-0.4, -0.2) is 25.4 Å². The monoisotopic (exact) mass is 504 g/mol. The number of imidazole rings is 1. The van der Waals surface area contributed by atoms with Gasteiger partial charge in [-0.25, -0.2) is 9.78 Å². The Bertz CT molecular complexity index is 1460. The molecule has 0 aliphatic carbocycles. The van der Waals surface area contributed by atoms with Gasteiger partial charge in [-0.1, -0.05) is 29.8 Å². The fraction of sp³-hybridized carbons (Fsp3) is 0.0400. The second-order valence-electron chi connectivity index (χ2n) is 7.51. The van der Waals surface area contributed by atoms with Gasteiger partial charge in [-0.2, -0.15) is 0 Å². The number of non-ortho nitro benzene ring substituents is 2. The van der Waals surface area contributed by atoms with Crippen LogP contribution in [-0.2, 0) is 11.3 Å². The third kappa shape index (κ3) is 5.62. The molecule has 0 unspecified atom stereocenters. The molecule has 0 radical (unpaired) electrons. The van der Waals surface area contributed by atoms with E-state index >= 15 is 0 Å². The highest BCUT2D eigenvalue weighted by Gasteiger charge is 2.17. The second kappa shape index (κ2) is 10.6. The number of esters is 1. The van der Waals surface area contributed by atoms with Crippen LogP contribution in [0.5, 0.6) is 0 Å². The molecule has 0 aliphatic rings. The van der Waals surface area contributed by atoms with E-state index < -0.39 is 15.8 Å². The molecule has 4 rings (SSSR count). The van der Waals surface area contributed by atoms with E-state index in [2.05, 4.69) is 4.98 Å². The maximum atomic E-state index is 12.8. The lowest BCUT2D eigenvalue weighted by molar-refractivity contribution is -0.385. The molecular formula is C25H17ClN4O6. The summed E-state index contributed by atoms with van der Waals surface area (Å²) in [5.41, 5.74) is 1.04. The van der Waals surface area contributed by atoms with Gasteiger partial charge in [0.15, 0.2) is 0 Å². The summed E-state index contributed by atoms with van der Waals surface area (Å²) in [5.74, 6) is -0.238. The second-order valence-corrected chi connectivity index (χ2v) is 7.92. The highest BCUT2D eigenvalue weighted by Crippen LogP contribution is 2.25. The summed E-state index contributed by atoms with van der Waals surface area (Å²) in [5, 5.41) is 22.5. The number of nitro groups is 2. The summed E-state index contributed by atoms with van der Waals surface area (Å²) in [6.07, 6.45) is 4.84. The van der Waals surface area contributed by atoms with Crippen molar-refractivity contribution in [3.8, 4) is 0 Å². The number of ether oxygens (including phenoxy) is 1. The Hall–Kier alpha value is -4.83. The number of hydrogen-bond donors (Lipinski definition) is 0. The van der Waals surface area contributed by atoms with E-state index in [-0.39, 0.29) is 22.7 Å². The number of aromatic nitrogens is 2. The van der Waals surface area contributed by atoms with Gasteiger partial charge in [0, 0.05) is 53.3 Å². The molecule has 0 bridgehead atoms. The van der Waals surface area contributed by atoms with E-state index in [1.54, 1.807) is 23.0 Å². The molecule has 1 aromatic heterocycles. The number of hydrogen-bond acceptors (Lipinski definition) is 7. The smallest absolute Gasteiger partial charge is 0.343 e. The van der Waals surface area contributed by atoms with Crippen molar-refractivity contribution in [1.82, 2.24) is 9.55 Å². The first-order valence-corrected chi connectivity index (χ1v) is 10.9. The minimum Gasteiger partial charge on any atom is -0.422 e. The topological polar surface area (TPSA) is 130 Å². The van der Waals surface area contributed by atoms with Crippen molar-refractivity contribution in [2.24, 2.45) is 0 Å². The Balaban J connectivity index is 1.69. The minimum absolute atomic E-state index is 0.0832. The van der Waals surface area contributed by atoms with Crippen molar-refractivity contribution < 1.29 is 19.4 Å². The number of rotatable bonds is 8. The summed E-state index contributed by atoms with van der Waals surface area (Å²) in [6, 6.07) is 17.8. The maximum absolute atomic E-state index is 12.8. The molecule has 3 aromatic carbocycles. The molecule has 0 saturated heterocycles. The Morgan fingerprint density at radius 1 is 0.917 bits per heavy atom. The van der Waals surface area contributed by atoms with Gasteiger partial charge in [0.2, 0.25) is 0 Å². The number of nitro benzene ring substituents is 2. The van der Waals surface area contributed by atoms with Crippen molar-refractivity contribution in [3.63, 3.8) is 0 Å². The lowest BCUT2D eigenvalue weighted by atomic mass is 10.1. The Kier molecular flexibility index (Phi) is 7.17. The van der Waals surface area contributed by atoms with E-state index in [9.17, 15) is 25.0 Å². The number of halogens is 1. The lowest BCUT2D eigenvalue weighted by Crippen LogP contribution is -2.07. The van der Waals surface area contributed by atoms with Crippen LogP contribution in [0.1, 0.15) is 27.3 Å². The number of nitrogens with zero attached hydrogens (tertiary/aromatic N) is 4. The zero-order chi connectivity index (χ0) is 25.7. The average molecular weight is 505 g/mol. The van der Waals surface area contributed by atoms with Crippen LogP contribution in [0.4, 0.5) is 11.4 Å². The van der Waals surface area contributed by atoms with Gasteiger partial charge in [0.05, 0.1) is 22.0 Å². The molecule has 11 heteroatoms. The molecule has 0 saturated carbocycles. The van der Waals surface area contributed by atoms with Gasteiger partial charge in [0.1, 0.15) is 11.6 Å². The average Bonchev–Trinajstić information content (AvgIpc) is 3.31. The largest absolute Gasteiger partial charge is 0.422 e. The third-order valence-electron chi connectivity index (χ3n) is 5.19. The van der Waals surface area contributed by atoms with E-state index in [4.69, 9.17) is 16.3 Å². The highest BCUT2D eigenvalue weighted by molar-refractivity contribution is 6.31. The molecule has 10 nitrogen and oxygen atoms in total. The third-order valence-corrected chi connectivity index (χ3v) is 5.55. The molecule has 4 aromatic rings. The summed E-state index contributed by atoms with van der Waals surface area (Å²) >= 11 is 6.29. The van der Waals surface area contributed by atoms with Crippen LogP contribution in [0.15, 0.2) is 85.2 Å². The Labute approximate surface area is 209 Å². The molecule has 0 N–H and O–H groups in total. The molecule has 180 valence electrons. The van der Waals surface area contributed by atoms with Crippen molar-refractivity contribution in [2.75, 3.05) is 0 Å². The van der Waals surface area contributed by atoms with Crippen molar-refractivity contribution >= 4 is 40.8 Å². The quantitative estimate of drug-likeness (QED) is 0.129. The van der Waals surface area contributed by atoms with E-state index in [0.717, 1.165) is 5.56 Å². The molecule has 0 aliphatic heterocycles. The first kappa shape index (κ1) is 24.3. The van der Waals surface area contributed by atoms with Crippen LogP contribution in [0.25, 0.3) is 11.8 Å². The van der Waals surface area contributed by atoms with Gasteiger partial charge >= 0.3 is 5.97 Å². The normalized spacial score (nSPS) is 11.2. The van der Waals surface area contributed by atoms with Crippen LogP contribution in [0.2, 0.25) is 5.02 Å². The molecule has 0 amide bonds. The Morgan fingerprint density at radius 3 is 2.08 bits per heavy atom. The lowest BCUT2D eigenvalue weighted by Gasteiger charge is -2.11. The maximum Gasteiger partial charge on any atom is 0.343 e. The van der Waals surface area contributed by atoms with Gasteiger partial charge in [-0.15, -0.1) is 0 Å². The molecule has 36 heavy (non-hydrogen) atoms. The van der Waals surface area contributed by atoms with Gasteiger partial charge in [-0.3, -0.25) is 20.2 Å². The number of carbonyl (C=O) groups is 1. The molecular weight excluding hydrogens is 488 g/mol. The molecule has 0 spiro atoms. The van der Waals surface area contributed by atoms with Crippen molar-refractivity contribution in [1.29, 1.82) is 0 Å². The van der Waals surface area contributed by atoms with Gasteiger partial charge in [-0.05, 0) is 35.9 Å². The van der Waals surface area contributed by atoms with Gasteiger partial charge in [0.25, 0.3) is 11.4 Å². The van der Waals surface area contributed by atoms with Crippen LogP contribution >= 0.6 is 11.6 Å². The summed E-state index contributed by atoms with van der Waals surface area (Å²) in [4.78, 5) is 38.0. The zero-order valence-electron chi connectivity index (χ0n) is 18.5. The van der Waals surface area contributed by atoms with Crippen LogP contribution in [0, 0.1) is 20.2 Å². The fourth-order valence-electron chi connectivity index (χ4n) is 3.32. The van der Waals surface area contributed by atoms with E-state index in [0.29, 0.717) is 23.0 Å². The molecule has 0 fully saturated rings. The van der Waals surface area contributed by atoms with E-state index in [1.165, 1.54) is 54.6 Å². The fourth-order valence-corrected chi connectivity index (χ4v) is 3.51. The first-order chi connectivity index (χ1) is 17.3. The molecule has 1 heterocycles. The SMILES string of the molecule is O=C(OC(=Cc1nccn1Cc1ccccc1Cl)c1ccc([N+](=O)[O-])cc1)c1ccc([N+](=O)[O-])cc1. The standard InChI is InChI=1S/C25H17ClN4O6/c26-22-4-2-1-3-19(22)16-28-14-13-27-24(28)15-23(17-5-9-20(10-6-17)29(32)33)36-25(31)18-7-11-21(12-8-18)30(34)35/h1-15H,16H2. The zero-order valence-corrected chi connectivity index (χ0v) is 19.2. The summed E-state index contributed by atoms with van der Waals surface area (Å²) in [7, 11) is 0. The predicted octanol–water partition coefficient (Wildman–Crippen LogP) is 5.76. The summed E-state index contributed by atoms with van der Waals surface area (Å²) in [6.45, 7) is 0.398. The predicted molar refractivity (Wildman–Crippen MR) is 132 cm³/mol. The van der Waals surface area contributed by atoms with Crippen molar-refractivity contribution in [3.05, 3.63) is 133 Å². The number of benzene rings is 3. The van der Waals surface area contributed by atoms with E-state index in [1.807, 2.05) is 18.2 Å². The van der Waals surface area contributed by atoms with Gasteiger partial charge < -0.3 is 9.30 Å².